The van der Waals surface area contributed by atoms with E-state index in [1.807, 2.05) is 36.0 Å². The normalized spacial score (nSPS) is 12.3. The Morgan fingerprint density at radius 3 is 2.85 bits per heavy atom. The SMILES string of the molecule is CCC(N)c1ccn(Cc2ccc(Br)cc2[N+](=O)[O-])c1. The molecule has 0 aliphatic rings. The van der Waals surface area contributed by atoms with Crippen LogP contribution in [0.1, 0.15) is 30.5 Å². The van der Waals surface area contributed by atoms with Crippen molar-refractivity contribution in [3.63, 3.8) is 0 Å². The van der Waals surface area contributed by atoms with Crippen LogP contribution in [0.2, 0.25) is 0 Å². The van der Waals surface area contributed by atoms with Crippen LogP contribution >= 0.6 is 15.9 Å². The zero-order valence-electron chi connectivity index (χ0n) is 11.1. The molecule has 106 valence electrons. The molecular formula is C14H16BrN3O2. The number of aromatic nitrogens is 1. The second kappa shape index (κ2) is 6.19. The van der Waals surface area contributed by atoms with Gasteiger partial charge in [0.2, 0.25) is 0 Å². The molecule has 2 rings (SSSR count). The first-order valence-electron chi connectivity index (χ1n) is 6.35. The number of hydrogen-bond acceptors (Lipinski definition) is 3. The van der Waals surface area contributed by atoms with Crippen molar-refractivity contribution in [1.29, 1.82) is 0 Å². The Kier molecular flexibility index (Phi) is 4.57. The Morgan fingerprint density at radius 2 is 2.20 bits per heavy atom. The smallest absolute Gasteiger partial charge is 0.275 e. The Morgan fingerprint density at radius 1 is 1.45 bits per heavy atom. The number of nitrogens with zero attached hydrogens (tertiary/aromatic N) is 2. The van der Waals surface area contributed by atoms with Crippen molar-refractivity contribution < 1.29 is 4.92 Å². The lowest BCUT2D eigenvalue weighted by molar-refractivity contribution is -0.385. The third kappa shape index (κ3) is 3.26. The Bertz CT molecular complexity index is 625. The molecule has 1 atom stereocenters. The van der Waals surface area contributed by atoms with Crippen molar-refractivity contribution in [3.05, 3.63) is 62.4 Å². The van der Waals surface area contributed by atoms with Crippen LogP contribution in [0.5, 0.6) is 0 Å². The van der Waals surface area contributed by atoms with Gasteiger partial charge in [-0.25, -0.2) is 0 Å². The standard InChI is InChI=1S/C14H16BrN3O2/c1-2-13(16)10-5-6-17(8-10)9-11-3-4-12(15)7-14(11)18(19)20/h3-8,13H,2,9,16H2,1H3. The third-order valence-corrected chi connectivity index (χ3v) is 3.73. The van der Waals surface area contributed by atoms with Crippen LogP contribution in [-0.2, 0) is 6.54 Å². The molecule has 1 unspecified atom stereocenters. The van der Waals surface area contributed by atoms with E-state index in [1.54, 1.807) is 6.07 Å². The molecule has 0 spiro atoms. The molecule has 0 amide bonds. The van der Waals surface area contributed by atoms with Gasteiger partial charge in [0, 0.05) is 34.5 Å². The van der Waals surface area contributed by atoms with Crippen molar-refractivity contribution in [2.45, 2.75) is 25.9 Å². The maximum absolute atomic E-state index is 11.1. The first-order valence-corrected chi connectivity index (χ1v) is 7.14. The number of nitrogens with two attached hydrogens (primary N) is 1. The number of rotatable bonds is 5. The van der Waals surface area contributed by atoms with E-state index >= 15 is 0 Å². The van der Waals surface area contributed by atoms with Crippen LogP contribution in [0.25, 0.3) is 0 Å². The maximum atomic E-state index is 11.1. The van der Waals surface area contributed by atoms with Gasteiger partial charge in [-0.2, -0.15) is 0 Å². The van der Waals surface area contributed by atoms with E-state index in [0.717, 1.165) is 12.0 Å². The van der Waals surface area contributed by atoms with Gasteiger partial charge in [-0.3, -0.25) is 10.1 Å². The number of halogens is 1. The van der Waals surface area contributed by atoms with Gasteiger partial charge in [0.25, 0.3) is 5.69 Å². The summed E-state index contributed by atoms with van der Waals surface area (Å²) >= 11 is 3.25. The van der Waals surface area contributed by atoms with E-state index < -0.39 is 0 Å². The van der Waals surface area contributed by atoms with Crippen molar-refractivity contribution >= 4 is 21.6 Å². The second-order valence-electron chi connectivity index (χ2n) is 4.66. The second-order valence-corrected chi connectivity index (χ2v) is 5.58. The molecule has 0 aliphatic heterocycles. The van der Waals surface area contributed by atoms with Crippen molar-refractivity contribution in [1.82, 2.24) is 4.57 Å². The molecule has 20 heavy (non-hydrogen) atoms. The quantitative estimate of drug-likeness (QED) is 0.668. The van der Waals surface area contributed by atoms with Crippen LogP contribution in [0.4, 0.5) is 5.69 Å². The first kappa shape index (κ1) is 14.7. The number of hydrogen-bond donors (Lipinski definition) is 1. The maximum Gasteiger partial charge on any atom is 0.275 e. The van der Waals surface area contributed by atoms with Gasteiger partial charge in [0.05, 0.1) is 11.5 Å². The van der Waals surface area contributed by atoms with Crippen LogP contribution in [0.15, 0.2) is 41.1 Å². The van der Waals surface area contributed by atoms with Crippen LogP contribution in [0.3, 0.4) is 0 Å². The molecule has 0 saturated heterocycles. The van der Waals surface area contributed by atoms with Gasteiger partial charge >= 0.3 is 0 Å². The fraction of sp³-hybridized carbons (Fsp3) is 0.286. The summed E-state index contributed by atoms with van der Waals surface area (Å²) in [5.41, 5.74) is 7.81. The number of nitro benzene ring substituents is 1. The molecule has 0 radical (unpaired) electrons. The lowest BCUT2D eigenvalue weighted by atomic mass is 10.1. The Hall–Kier alpha value is -1.66. The van der Waals surface area contributed by atoms with E-state index in [1.165, 1.54) is 6.07 Å². The van der Waals surface area contributed by atoms with Gasteiger partial charge in [-0.1, -0.05) is 22.9 Å². The fourth-order valence-corrected chi connectivity index (χ4v) is 2.40. The highest BCUT2D eigenvalue weighted by molar-refractivity contribution is 9.10. The number of nitro groups is 1. The average molecular weight is 338 g/mol. The van der Waals surface area contributed by atoms with Gasteiger partial charge in [-0.15, -0.1) is 0 Å². The molecule has 5 nitrogen and oxygen atoms in total. The largest absolute Gasteiger partial charge is 0.349 e. The van der Waals surface area contributed by atoms with E-state index in [2.05, 4.69) is 15.9 Å². The molecule has 1 aromatic carbocycles. The van der Waals surface area contributed by atoms with Gasteiger partial charge < -0.3 is 10.3 Å². The highest BCUT2D eigenvalue weighted by Gasteiger charge is 2.14. The van der Waals surface area contributed by atoms with Crippen molar-refractivity contribution in [2.75, 3.05) is 0 Å². The highest BCUT2D eigenvalue weighted by Crippen LogP contribution is 2.25. The highest BCUT2D eigenvalue weighted by atomic mass is 79.9. The van der Waals surface area contributed by atoms with Gasteiger partial charge in [0.1, 0.15) is 0 Å². The van der Waals surface area contributed by atoms with Gasteiger partial charge in [0.15, 0.2) is 0 Å². The van der Waals surface area contributed by atoms with Crippen molar-refractivity contribution in [3.8, 4) is 0 Å². The van der Waals surface area contributed by atoms with E-state index in [9.17, 15) is 10.1 Å². The lowest BCUT2D eigenvalue weighted by Gasteiger charge is -2.07. The predicted molar refractivity (Wildman–Crippen MR) is 81.5 cm³/mol. The van der Waals surface area contributed by atoms with Gasteiger partial charge in [-0.05, 0) is 30.2 Å². The minimum atomic E-state index is -0.359. The minimum absolute atomic E-state index is 0.0103. The zero-order chi connectivity index (χ0) is 14.7. The molecular weight excluding hydrogens is 322 g/mol. The third-order valence-electron chi connectivity index (χ3n) is 3.24. The molecule has 0 aliphatic carbocycles. The van der Waals surface area contributed by atoms with Crippen LogP contribution in [0, 0.1) is 10.1 Å². The molecule has 1 aromatic heterocycles. The molecule has 0 bridgehead atoms. The molecule has 1 heterocycles. The summed E-state index contributed by atoms with van der Waals surface area (Å²) in [4.78, 5) is 10.7. The lowest BCUT2D eigenvalue weighted by Crippen LogP contribution is -2.07. The molecule has 0 fully saturated rings. The topological polar surface area (TPSA) is 74.1 Å². The van der Waals surface area contributed by atoms with E-state index in [4.69, 9.17) is 5.73 Å². The predicted octanol–water partition coefficient (Wildman–Crippen LogP) is 3.62. The van der Waals surface area contributed by atoms with Crippen molar-refractivity contribution in [2.24, 2.45) is 5.73 Å². The monoisotopic (exact) mass is 337 g/mol. The number of benzene rings is 1. The van der Waals surface area contributed by atoms with E-state index in [-0.39, 0.29) is 16.7 Å². The summed E-state index contributed by atoms with van der Waals surface area (Å²) < 4.78 is 2.62. The Balaban J connectivity index is 2.26. The summed E-state index contributed by atoms with van der Waals surface area (Å²) in [6.45, 7) is 2.49. The summed E-state index contributed by atoms with van der Waals surface area (Å²) in [6.07, 6.45) is 4.71. The first-order chi connectivity index (χ1) is 9.51. The minimum Gasteiger partial charge on any atom is -0.349 e. The van der Waals surface area contributed by atoms with Crippen LogP contribution in [-0.4, -0.2) is 9.49 Å². The fourth-order valence-electron chi connectivity index (χ4n) is 2.05. The van der Waals surface area contributed by atoms with Crippen LogP contribution < -0.4 is 5.73 Å². The zero-order valence-corrected chi connectivity index (χ0v) is 12.7. The Labute approximate surface area is 125 Å². The molecule has 6 heteroatoms. The summed E-state index contributed by atoms with van der Waals surface area (Å²) in [7, 11) is 0. The summed E-state index contributed by atoms with van der Waals surface area (Å²) in [5.74, 6) is 0. The summed E-state index contributed by atoms with van der Waals surface area (Å²) in [6, 6.07) is 7.07. The molecule has 2 N–H and O–H groups in total. The molecule has 2 aromatic rings. The average Bonchev–Trinajstić information content (AvgIpc) is 2.88. The van der Waals surface area contributed by atoms with E-state index in [0.29, 0.717) is 16.6 Å². The summed E-state index contributed by atoms with van der Waals surface area (Å²) in [5, 5.41) is 11.1. The molecule has 0 saturated carbocycles.